The van der Waals surface area contributed by atoms with Gasteiger partial charge in [-0.25, -0.2) is 0 Å². The Morgan fingerprint density at radius 3 is 0.966 bits per heavy atom. The van der Waals surface area contributed by atoms with E-state index in [-0.39, 0.29) is 33.0 Å². The molecule has 0 unspecified atom stereocenters. The largest absolute Gasteiger partial charge is 3.00 e. The molecule has 1 fully saturated rings. The first-order valence-electron chi connectivity index (χ1n) is 9.86. The molecule has 164 valence electrons. The van der Waals surface area contributed by atoms with Crippen molar-refractivity contribution in [3.8, 4) is 0 Å². The Morgan fingerprint density at radius 1 is 0.552 bits per heavy atom. The van der Waals surface area contributed by atoms with Gasteiger partial charge in [0.25, 0.3) is 0 Å². The maximum Gasteiger partial charge on any atom is 3.00 e. The van der Waals surface area contributed by atoms with Crippen LogP contribution in [0.2, 0.25) is 0 Å². The molecule has 0 spiro atoms. The topological polar surface area (TPSA) is 79.1 Å². The summed E-state index contributed by atoms with van der Waals surface area (Å²) in [6.45, 7) is 12.0. The molecule has 4 heteroatoms. The van der Waals surface area contributed by atoms with Crippen LogP contribution in [0.4, 0.5) is 0 Å². The van der Waals surface area contributed by atoms with Gasteiger partial charge in [0.1, 0.15) is 0 Å². The van der Waals surface area contributed by atoms with Crippen molar-refractivity contribution < 1.29 is 25.6 Å². The molecule has 2 atom stereocenters. The van der Waals surface area contributed by atoms with E-state index in [1.807, 2.05) is 60.7 Å². The molecule has 0 radical (unpaired) electrons. The fraction of sp³-hybridized carbons (Fsp3) is 0.480. The summed E-state index contributed by atoms with van der Waals surface area (Å²) in [6.07, 6.45) is 0. The predicted octanol–water partition coefficient (Wildman–Crippen LogP) is 7.38. The molecule has 3 nitrogen and oxygen atoms in total. The van der Waals surface area contributed by atoms with Gasteiger partial charge in [-0.05, 0) is 29.6 Å². The van der Waals surface area contributed by atoms with E-state index >= 15 is 0 Å². The summed E-state index contributed by atoms with van der Waals surface area (Å²) < 4.78 is 0. The monoisotopic (exact) mass is 576 g/mol. The predicted molar refractivity (Wildman–Crippen MR) is 123 cm³/mol. The van der Waals surface area contributed by atoms with Crippen molar-refractivity contribution in [1.29, 1.82) is 0 Å². The molecule has 0 aromatic heterocycles. The smallest absolute Gasteiger partial charge is 0.672 e. The SMILES string of the molecule is CC1C(C)C(C)C(C)C1C.O.[CH3-].[Ir+3].[NH-][C@H](c1ccccc1)[C@H]([NH-])c1ccccc1. The van der Waals surface area contributed by atoms with Crippen molar-refractivity contribution in [2.24, 2.45) is 29.6 Å². The summed E-state index contributed by atoms with van der Waals surface area (Å²) >= 11 is 0. The summed E-state index contributed by atoms with van der Waals surface area (Å²) in [7, 11) is 0. The first kappa shape index (κ1) is 30.2. The molecular formula is C25H39IrN2O. The van der Waals surface area contributed by atoms with Crippen LogP contribution in [0.3, 0.4) is 0 Å². The van der Waals surface area contributed by atoms with Crippen LogP contribution in [0.5, 0.6) is 0 Å². The van der Waals surface area contributed by atoms with Gasteiger partial charge in [0.15, 0.2) is 0 Å². The molecule has 0 heterocycles. The molecule has 0 saturated heterocycles. The number of benzene rings is 2. The minimum atomic E-state index is -0.524. The second-order valence-electron chi connectivity index (χ2n) is 8.07. The second-order valence-corrected chi connectivity index (χ2v) is 8.07. The zero-order valence-electron chi connectivity index (χ0n) is 18.6. The molecule has 0 bridgehead atoms. The van der Waals surface area contributed by atoms with E-state index in [1.165, 1.54) is 0 Å². The van der Waals surface area contributed by atoms with Gasteiger partial charge in [-0.2, -0.15) is 0 Å². The first-order chi connectivity index (χ1) is 12.3. The maximum absolute atomic E-state index is 8.07. The third-order valence-corrected chi connectivity index (χ3v) is 6.80. The van der Waals surface area contributed by atoms with Crippen molar-refractivity contribution in [3.63, 3.8) is 0 Å². The number of nitrogens with one attached hydrogen (secondary N) is 2. The summed E-state index contributed by atoms with van der Waals surface area (Å²) in [5.74, 6) is 4.68. The standard InChI is InChI=1S/C14H14N2.C10H20.CH3.Ir.H2O/c15-13(11-7-3-1-4-8-11)14(16)12-9-5-2-6-10-12;1-6-7(2)9(4)10(5)8(6)3;;;/h1-10,13-16H;6-10H,1-5H3;1H3;;1H2/q-2;;-1;+3;/t13-,14-;;;;/m1..../s1. The van der Waals surface area contributed by atoms with Crippen LogP contribution in [0, 0.1) is 37.0 Å². The fourth-order valence-corrected chi connectivity index (χ4v) is 4.10. The molecule has 0 amide bonds. The summed E-state index contributed by atoms with van der Waals surface area (Å²) in [5, 5.41) is 0. The van der Waals surface area contributed by atoms with Gasteiger partial charge in [0.05, 0.1) is 0 Å². The maximum atomic E-state index is 8.07. The molecular weight excluding hydrogens is 537 g/mol. The molecule has 1 saturated carbocycles. The fourth-order valence-electron chi connectivity index (χ4n) is 4.10. The zero-order chi connectivity index (χ0) is 19.3. The Hall–Kier alpha value is -1.03. The normalized spacial score (nSPS) is 27.1. The Labute approximate surface area is 192 Å². The Balaban J connectivity index is 0. The number of rotatable bonds is 3. The summed E-state index contributed by atoms with van der Waals surface area (Å²) in [6, 6.07) is 18.1. The number of hydrogen-bond donors (Lipinski definition) is 0. The van der Waals surface area contributed by atoms with Crippen LogP contribution in [0.1, 0.15) is 57.8 Å². The minimum Gasteiger partial charge on any atom is -0.672 e. The van der Waals surface area contributed by atoms with Crippen LogP contribution < -0.4 is 0 Å². The van der Waals surface area contributed by atoms with E-state index in [0.717, 1.165) is 40.7 Å². The van der Waals surface area contributed by atoms with E-state index < -0.39 is 12.1 Å². The first-order valence-corrected chi connectivity index (χ1v) is 9.86. The third-order valence-electron chi connectivity index (χ3n) is 6.80. The third kappa shape index (κ3) is 7.62. The quantitative estimate of drug-likeness (QED) is 0.343. The van der Waals surface area contributed by atoms with Crippen molar-refractivity contribution in [2.75, 3.05) is 0 Å². The van der Waals surface area contributed by atoms with Crippen molar-refractivity contribution >= 4 is 0 Å². The molecule has 1 aliphatic carbocycles. The Kier molecular flexibility index (Phi) is 14.6. The van der Waals surface area contributed by atoms with Gasteiger partial charge in [-0.15, -0.1) is 12.1 Å². The van der Waals surface area contributed by atoms with Crippen LogP contribution in [-0.2, 0) is 20.1 Å². The molecule has 1 aliphatic rings. The number of hydrogen-bond acceptors (Lipinski definition) is 0. The van der Waals surface area contributed by atoms with E-state index in [0.29, 0.717) is 0 Å². The van der Waals surface area contributed by atoms with Crippen LogP contribution in [0.15, 0.2) is 60.7 Å². The summed E-state index contributed by atoms with van der Waals surface area (Å²) in [5.41, 5.74) is 17.9. The minimum absolute atomic E-state index is 0. The molecule has 0 aliphatic heterocycles. The van der Waals surface area contributed by atoms with Crippen molar-refractivity contribution in [2.45, 2.75) is 46.7 Å². The molecule has 4 N–H and O–H groups in total. The van der Waals surface area contributed by atoms with Crippen molar-refractivity contribution in [3.05, 3.63) is 90.7 Å². The Bertz CT molecular complexity index is 564. The van der Waals surface area contributed by atoms with Crippen LogP contribution in [-0.4, -0.2) is 5.48 Å². The Morgan fingerprint density at radius 2 is 0.759 bits per heavy atom. The van der Waals surface area contributed by atoms with E-state index in [9.17, 15) is 0 Å². The average molecular weight is 576 g/mol. The van der Waals surface area contributed by atoms with Gasteiger partial charge in [0.2, 0.25) is 0 Å². The van der Waals surface area contributed by atoms with Crippen LogP contribution >= 0.6 is 0 Å². The summed E-state index contributed by atoms with van der Waals surface area (Å²) in [4.78, 5) is 0. The van der Waals surface area contributed by atoms with Gasteiger partial charge >= 0.3 is 20.1 Å². The zero-order valence-corrected chi connectivity index (χ0v) is 21.0. The van der Waals surface area contributed by atoms with Gasteiger partial charge in [-0.1, -0.05) is 106 Å². The van der Waals surface area contributed by atoms with E-state index in [1.54, 1.807) is 0 Å². The average Bonchev–Trinajstić information content (AvgIpc) is 2.86. The van der Waals surface area contributed by atoms with Gasteiger partial charge in [-0.3, -0.25) is 0 Å². The second kappa shape index (κ2) is 14.1. The van der Waals surface area contributed by atoms with Crippen molar-refractivity contribution in [1.82, 2.24) is 0 Å². The molecule has 2 aromatic carbocycles. The van der Waals surface area contributed by atoms with Crippen LogP contribution in [0.25, 0.3) is 11.5 Å². The van der Waals surface area contributed by atoms with E-state index in [4.69, 9.17) is 11.5 Å². The molecule has 3 rings (SSSR count). The van der Waals surface area contributed by atoms with E-state index in [2.05, 4.69) is 34.6 Å². The molecule has 2 aromatic rings. The van der Waals surface area contributed by atoms with Gasteiger partial charge < -0.3 is 24.4 Å². The van der Waals surface area contributed by atoms with Gasteiger partial charge in [0, 0.05) is 0 Å². The molecule has 29 heavy (non-hydrogen) atoms.